The Balaban J connectivity index is 1.40. The van der Waals surface area contributed by atoms with Crippen LogP contribution >= 0.6 is 17.2 Å². The van der Waals surface area contributed by atoms with E-state index in [0.717, 1.165) is 25.7 Å². The van der Waals surface area contributed by atoms with Crippen molar-refractivity contribution < 1.29 is 37.0 Å². The van der Waals surface area contributed by atoms with Crippen LogP contribution in [0.25, 0.3) is 0 Å². The van der Waals surface area contributed by atoms with E-state index in [-0.39, 0.29) is 29.6 Å². The fraction of sp³-hybridized carbons (Fsp3) is 1.00. The second-order valence-corrected chi connectivity index (χ2v) is 11.7. The zero-order valence-electron chi connectivity index (χ0n) is 18.7. The van der Waals surface area contributed by atoms with E-state index in [1.165, 1.54) is 0 Å². The molecule has 0 aromatic heterocycles. The van der Waals surface area contributed by atoms with Crippen LogP contribution in [0.1, 0.15) is 59.8 Å². The molecule has 0 bridgehead atoms. The second kappa shape index (κ2) is 11.6. The molecule has 3 aliphatic rings. The van der Waals surface area contributed by atoms with Crippen LogP contribution in [0.2, 0.25) is 0 Å². The molecule has 3 aliphatic heterocycles. The first kappa shape index (κ1) is 25.2. The number of hydrogen-bond donors (Lipinski definition) is 1. The van der Waals surface area contributed by atoms with Crippen molar-refractivity contribution in [3.63, 3.8) is 0 Å². The van der Waals surface area contributed by atoms with Gasteiger partial charge in [0.1, 0.15) is 6.10 Å². The van der Waals surface area contributed by atoms with Crippen molar-refractivity contribution in [3.05, 3.63) is 0 Å². The Morgan fingerprint density at radius 1 is 0.933 bits per heavy atom. The Morgan fingerprint density at radius 2 is 1.47 bits per heavy atom. The molecule has 0 aromatic rings. The highest BCUT2D eigenvalue weighted by atomic mass is 31.2. The minimum Gasteiger partial charge on any atom is -0.394 e. The smallest absolute Gasteiger partial charge is 0.333 e. The first-order chi connectivity index (χ1) is 14.4. The molecule has 0 spiro atoms. The van der Waals surface area contributed by atoms with Crippen molar-refractivity contribution in [1.29, 1.82) is 0 Å². The van der Waals surface area contributed by atoms with Crippen molar-refractivity contribution in [2.24, 2.45) is 10.8 Å². The van der Waals surface area contributed by atoms with Crippen molar-refractivity contribution >= 4 is 17.2 Å². The minimum atomic E-state index is -1.47. The lowest BCUT2D eigenvalue weighted by Crippen LogP contribution is -2.35. The Kier molecular flexibility index (Phi) is 9.73. The zero-order chi connectivity index (χ0) is 21.6. The second-order valence-electron chi connectivity index (χ2n) is 9.32. The summed E-state index contributed by atoms with van der Waals surface area (Å²) in [5.74, 6) is 0. The molecule has 30 heavy (non-hydrogen) atoms. The Bertz CT molecular complexity index is 509. The predicted molar refractivity (Wildman–Crippen MR) is 115 cm³/mol. The van der Waals surface area contributed by atoms with E-state index in [2.05, 4.69) is 27.7 Å². The van der Waals surface area contributed by atoms with Crippen LogP contribution < -0.4 is 0 Å². The topological polar surface area (TPSA) is 84.8 Å². The van der Waals surface area contributed by atoms with Gasteiger partial charge >= 0.3 is 17.2 Å². The molecule has 3 rings (SSSR count). The van der Waals surface area contributed by atoms with Gasteiger partial charge < -0.3 is 37.0 Å². The van der Waals surface area contributed by atoms with E-state index in [0.29, 0.717) is 39.5 Å². The van der Waals surface area contributed by atoms with Gasteiger partial charge in [-0.15, -0.1) is 0 Å². The van der Waals surface area contributed by atoms with Gasteiger partial charge in [-0.1, -0.05) is 40.5 Å². The van der Waals surface area contributed by atoms with Crippen LogP contribution in [-0.2, 0) is 31.9 Å². The summed E-state index contributed by atoms with van der Waals surface area (Å²) in [6, 6.07) is 0. The molecule has 0 aliphatic carbocycles. The molecule has 3 atom stereocenters. The number of ether oxygens (including phenoxy) is 1. The summed E-state index contributed by atoms with van der Waals surface area (Å²) in [6.45, 7) is 11.5. The van der Waals surface area contributed by atoms with Crippen molar-refractivity contribution in [2.75, 3.05) is 39.6 Å². The molecule has 0 radical (unpaired) electrons. The summed E-state index contributed by atoms with van der Waals surface area (Å²) >= 11 is 0. The van der Waals surface area contributed by atoms with E-state index in [9.17, 15) is 5.11 Å². The number of aliphatic hydroxyl groups is 1. The normalized spacial score (nSPS) is 41.1. The van der Waals surface area contributed by atoms with E-state index < -0.39 is 23.3 Å². The standard InChI is InChI=1S/C20H38O8P2/c1-5-7-19(3)12-23-29(24-13-19)27-16-9-17(22-11-16)18(10-21)28-30-25-14-20(4,8-6-2)15-26-30/h16-18,21H,5-15H2,1-4H3. The molecule has 3 saturated heterocycles. The maximum atomic E-state index is 9.83. The average Bonchev–Trinajstić information content (AvgIpc) is 3.18. The van der Waals surface area contributed by atoms with E-state index in [1.807, 2.05) is 0 Å². The van der Waals surface area contributed by atoms with E-state index in [4.69, 9.17) is 31.9 Å². The highest BCUT2D eigenvalue weighted by Gasteiger charge is 2.41. The minimum absolute atomic E-state index is 0.0316. The third kappa shape index (κ3) is 7.02. The first-order valence-corrected chi connectivity index (χ1v) is 13.3. The van der Waals surface area contributed by atoms with Gasteiger partial charge in [-0.25, -0.2) is 0 Å². The molecular formula is C20H38O8P2. The van der Waals surface area contributed by atoms with Crippen molar-refractivity contribution in [2.45, 2.75) is 78.1 Å². The van der Waals surface area contributed by atoms with Gasteiger partial charge in [0, 0.05) is 17.3 Å². The lowest BCUT2D eigenvalue weighted by molar-refractivity contribution is -0.0483. The Labute approximate surface area is 183 Å². The Hall–Kier alpha value is 0.540. The fourth-order valence-corrected chi connectivity index (χ4v) is 6.89. The molecule has 3 heterocycles. The molecule has 1 N–H and O–H groups in total. The van der Waals surface area contributed by atoms with Gasteiger partial charge in [-0.3, -0.25) is 0 Å². The lowest BCUT2D eigenvalue weighted by atomic mass is 9.88. The third-order valence-electron chi connectivity index (χ3n) is 5.82. The zero-order valence-corrected chi connectivity index (χ0v) is 20.5. The highest BCUT2D eigenvalue weighted by molar-refractivity contribution is 7.42. The SMILES string of the molecule is CCCC1(C)COP(OC2COC(C(CO)OP3OCC(C)(CCC)CO3)C2)OC1. The summed E-state index contributed by atoms with van der Waals surface area (Å²) in [5.41, 5.74) is 0.0979. The van der Waals surface area contributed by atoms with Crippen LogP contribution in [0.3, 0.4) is 0 Å². The van der Waals surface area contributed by atoms with Gasteiger partial charge in [-0.05, 0) is 12.8 Å². The summed E-state index contributed by atoms with van der Waals surface area (Å²) in [4.78, 5) is 0. The molecule has 0 amide bonds. The van der Waals surface area contributed by atoms with Gasteiger partial charge in [0.05, 0.1) is 51.8 Å². The quantitative estimate of drug-likeness (QED) is 0.462. The number of hydrogen-bond acceptors (Lipinski definition) is 8. The molecule has 10 heteroatoms. The molecule has 0 saturated carbocycles. The largest absolute Gasteiger partial charge is 0.394 e. The summed E-state index contributed by atoms with van der Waals surface area (Å²) < 4.78 is 41.1. The fourth-order valence-electron chi connectivity index (χ4n) is 4.02. The average molecular weight is 468 g/mol. The summed E-state index contributed by atoms with van der Waals surface area (Å²) in [5, 5.41) is 9.83. The van der Waals surface area contributed by atoms with Crippen LogP contribution in [0.5, 0.6) is 0 Å². The van der Waals surface area contributed by atoms with Crippen LogP contribution in [0, 0.1) is 10.8 Å². The lowest BCUT2D eigenvalue weighted by Gasteiger charge is -2.37. The Morgan fingerprint density at radius 3 is 1.97 bits per heavy atom. The summed E-state index contributed by atoms with van der Waals surface area (Å²) in [7, 11) is -2.83. The van der Waals surface area contributed by atoms with Gasteiger partial charge in [0.2, 0.25) is 0 Å². The number of rotatable bonds is 10. The maximum absolute atomic E-state index is 9.83. The van der Waals surface area contributed by atoms with E-state index >= 15 is 0 Å². The molecule has 8 nitrogen and oxygen atoms in total. The van der Waals surface area contributed by atoms with Crippen LogP contribution in [-0.4, -0.2) is 63.1 Å². The molecule has 0 aromatic carbocycles. The summed E-state index contributed by atoms with van der Waals surface area (Å²) in [6.07, 6.45) is 4.02. The highest BCUT2D eigenvalue weighted by Crippen LogP contribution is 2.51. The number of aliphatic hydroxyl groups excluding tert-OH is 1. The first-order valence-electron chi connectivity index (χ1n) is 11.1. The third-order valence-corrected chi connectivity index (χ3v) is 8.10. The molecular weight excluding hydrogens is 430 g/mol. The van der Waals surface area contributed by atoms with Crippen LogP contribution in [0.4, 0.5) is 0 Å². The van der Waals surface area contributed by atoms with Crippen LogP contribution in [0.15, 0.2) is 0 Å². The molecule has 3 unspecified atom stereocenters. The maximum Gasteiger partial charge on any atom is 0.333 e. The van der Waals surface area contributed by atoms with Gasteiger partial charge in [-0.2, -0.15) is 0 Å². The monoisotopic (exact) mass is 468 g/mol. The van der Waals surface area contributed by atoms with Crippen molar-refractivity contribution in [1.82, 2.24) is 0 Å². The molecule has 3 fully saturated rings. The van der Waals surface area contributed by atoms with Gasteiger partial charge in [0.25, 0.3) is 0 Å². The molecule has 176 valence electrons. The van der Waals surface area contributed by atoms with Gasteiger partial charge in [0.15, 0.2) is 0 Å². The van der Waals surface area contributed by atoms with E-state index in [1.54, 1.807) is 0 Å². The van der Waals surface area contributed by atoms with Crippen molar-refractivity contribution in [3.8, 4) is 0 Å². The predicted octanol–water partition coefficient (Wildman–Crippen LogP) is 4.70.